The smallest absolute Gasteiger partial charge is 0.227 e. The van der Waals surface area contributed by atoms with E-state index in [9.17, 15) is 4.79 Å². The fourth-order valence-electron chi connectivity index (χ4n) is 2.28. The molecule has 0 bridgehead atoms. The Balaban J connectivity index is 1.94. The van der Waals surface area contributed by atoms with Gasteiger partial charge in [-0.3, -0.25) is 9.78 Å². The Morgan fingerprint density at radius 3 is 2.74 bits per heavy atom. The highest BCUT2D eigenvalue weighted by molar-refractivity contribution is 5.93. The molecule has 23 heavy (non-hydrogen) atoms. The van der Waals surface area contributed by atoms with E-state index in [1.165, 1.54) is 0 Å². The molecule has 0 atom stereocenters. The van der Waals surface area contributed by atoms with Gasteiger partial charge in [0.05, 0.1) is 6.54 Å². The maximum absolute atomic E-state index is 12.4. The van der Waals surface area contributed by atoms with Crippen LogP contribution >= 0.6 is 0 Å². The molecule has 0 unspecified atom stereocenters. The molecule has 2 heterocycles. The molecule has 7 heteroatoms. The lowest BCUT2D eigenvalue weighted by atomic mass is 10.1. The van der Waals surface area contributed by atoms with Gasteiger partial charge in [-0.25, -0.2) is 0 Å². The molecular formula is C16H16N6O. The number of amides is 1. The van der Waals surface area contributed by atoms with Gasteiger partial charge in [-0.05, 0) is 35.0 Å². The number of pyridine rings is 1. The number of hydrogen-bond donors (Lipinski definition) is 1. The number of tetrazole rings is 1. The van der Waals surface area contributed by atoms with Gasteiger partial charge < -0.3 is 4.90 Å². The van der Waals surface area contributed by atoms with Crippen molar-refractivity contribution >= 4 is 11.6 Å². The number of benzene rings is 1. The number of nitrogens with zero attached hydrogens (tertiary/aromatic N) is 5. The summed E-state index contributed by atoms with van der Waals surface area (Å²) >= 11 is 0. The van der Waals surface area contributed by atoms with Crippen molar-refractivity contribution in [3.8, 4) is 11.4 Å². The van der Waals surface area contributed by atoms with Crippen molar-refractivity contribution in [2.24, 2.45) is 0 Å². The van der Waals surface area contributed by atoms with Crippen LogP contribution in [0.4, 0.5) is 5.69 Å². The molecule has 0 radical (unpaired) electrons. The minimum absolute atomic E-state index is 0.0482. The lowest BCUT2D eigenvalue weighted by molar-refractivity contribution is -0.118. The average molecular weight is 308 g/mol. The molecule has 0 spiro atoms. The second kappa shape index (κ2) is 6.78. The van der Waals surface area contributed by atoms with Crippen LogP contribution in [0.1, 0.15) is 18.9 Å². The van der Waals surface area contributed by atoms with Crippen molar-refractivity contribution < 1.29 is 4.79 Å². The van der Waals surface area contributed by atoms with E-state index < -0.39 is 0 Å². The Labute approximate surface area is 133 Å². The van der Waals surface area contributed by atoms with Gasteiger partial charge >= 0.3 is 0 Å². The third-order valence-corrected chi connectivity index (χ3v) is 3.45. The molecule has 7 nitrogen and oxygen atoms in total. The lowest BCUT2D eigenvalue weighted by Gasteiger charge is -2.23. The normalized spacial score (nSPS) is 10.5. The van der Waals surface area contributed by atoms with Crippen LogP contribution in [0.3, 0.4) is 0 Å². The van der Waals surface area contributed by atoms with Crippen molar-refractivity contribution in [3.05, 3.63) is 54.4 Å². The van der Waals surface area contributed by atoms with Gasteiger partial charge in [0.2, 0.25) is 11.7 Å². The number of anilines is 1. The average Bonchev–Trinajstić information content (AvgIpc) is 3.15. The highest BCUT2D eigenvalue weighted by Gasteiger charge is 2.16. The first-order valence-electron chi connectivity index (χ1n) is 7.31. The Morgan fingerprint density at radius 2 is 2.04 bits per heavy atom. The molecule has 116 valence electrons. The SMILES string of the molecule is CCC(=O)N(Cc1ccncc1)c1cccc(-c2nn[nH]n2)c1. The van der Waals surface area contributed by atoms with Crippen molar-refractivity contribution in [2.45, 2.75) is 19.9 Å². The topological polar surface area (TPSA) is 87.7 Å². The van der Waals surface area contributed by atoms with Gasteiger partial charge in [-0.15, -0.1) is 10.2 Å². The number of carbonyl (C=O) groups is 1. The molecule has 0 fully saturated rings. The van der Waals surface area contributed by atoms with Crippen LogP contribution < -0.4 is 4.90 Å². The molecular weight excluding hydrogens is 292 g/mol. The number of carbonyl (C=O) groups excluding carboxylic acids is 1. The Morgan fingerprint density at radius 1 is 1.22 bits per heavy atom. The first-order valence-corrected chi connectivity index (χ1v) is 7.31. The summed E-state index contributed by atoms with van der Waals surface area (Å²) in [5, 5.41) is 14.0. The zero-order chi connectivity index (χ0) is 16.1. The molecule has 3 aromatic rings. The van der Waals surface area contributed by atoms with Gasteiger partial charge in [0.15, 0.2) is 0 Å². The molecule has 2 aromatic heterocycles. The fourth-order valence-corrected chi connectivity index (χ4v) is 2.28. The number of hydrogen-bond acceptors (Lipinski definition) is 5. The van der Waals surface area contributed by atoms with Crippen molar-refractivity contribution in [3.63, 3.8) is 0 Å². The highest BCUT2D eigenvalue weighted by Crippen LogP contribution is 2.23. The summed E-state index contributed by atoms with van der Waals surface area (Å²) in [5.41, 5.74) is 2.63. The molecule has 1 aromatic carbocycles. The third-order valence-electron chi connectivity index (χ3n) is 3.45. The summed E-state index contributed by atoms with van der Waals surface area (Å²) in [7, 11) is 0. The minimum atomic E-state index is 0.0482. The first kappa shape index (κ1) is 14.8. The summed E-state index contributed by atoms with van der Waals surface area (Å²) in [6, 6.07) is 11.4. The largest absolute Gasteiger partial charge is 0.308 e. The van der Waals surface area contributed by atoms with Crippen LogP contribution in [-0.4, -0.2) is 31.5 Å². The number of nitrogens with one attached hydrogen (secondary N) is 1. The number of H-pyrrole nitrogens is 1. The molecule has 1 amide bonds. The van der Waals surface area contributed by atoms with Crippen LogP contribution in [-0.2, 0) is 11.3 Å². The van der Waals surface area contributed by atoms with Gasteiger partial charge in [-0.2, -0.15) is 5.21 Å². The molecule has 0 saturated carbocycles. The number of aromatic amines is 1. The molecule has 0 aliphatic carbocycles. The molecule has 3 rings (SSSR count). The van der Waals surface area contributed by atoms with E-state index in [1.807, 2.05) is 43.3 Å². The van der Waals surface area contributed by atoms with Crippen LogP contribution in [0.2, 0.25) is 0 Å². The standard InChI is InChI=1S/C16H16N6O/c1-2-15(23)22(11-12-6-8-17-9-7-12)14-5-3-4-13(10-14)16-18-20-21-19-16/h3-10H,2,11H2,1H3,(H,18,19,20,21). The monoisotopic (exact) mass is 308 g/mol. The molecule has 0 aliphatic heterocycles. The van der Waals surface area contributed by atoms with E-state index in [1.54, 1.807) is 17.3 Å². The summed E-state index contributed by atoms with van der Waals surface area (Å²) in [6.07, 6.45) is 3.87. The van der Waals surface area contributed by atoms with E-state index in [4.69, 9.17) is 0 Å². The van der Waals surface area contributed by atoms with Crippen molar-refractivity contribution in [1.29, 1.82) is 0 Å². The first-order chi connectivity index (χ1) is 11.3. The number of aromatic nitrogens is 5. The van der Waals surface area contributed by atoms with E-state index >= 15 is 0 Å². The van der Waals surface area contributed by atoms with E-state index in [0.29, 0.717) is 18.8 Å². The van der Waals surface area contributed by atoms with E-state index in [2.05, 4.69) is 25.6 Å². The molecule has 0 aliphatic rings. The van der Waals surface area contributed by atoms with E-state index in [0.717, 1.165) is 16.8 Å². The second-order valence-electron chi connectivity index (χ2n) is 4.97. The summed E-state index contributed by atoms with van der Waals surface area (Å²) in [5.74, 6) is 0.548. The van der Waals surface area contributed by atoms with E-state index in [-0.39, 0.29) is 5.91 Å². The highest BCUT2D eigenvalue weighted by atomic mass is 16.2. The third kappa shape index (κ3) is 3.39. The fraction of sp³-hybridized carbons (Fsp3) is 0.188. The van der Waals surface area contributed by atoms with Gasteiger partial charge in [0.1, 0.15) is 0 Å². The van der Waals surface area contributed by atoms with Crippen LogP contribution in [0, 0.1) is 0 Å². The lowest BCUT2D eigenvalue weighted by Crippen LogP contribution is -2.29. The van der Waals surface area contributed by atoms with Crippen molar-refractivity contribution in [2.75, 3.05) is 4.90 Å². The van der Waals surface area contributed by atoms with Gasteiger partial charge in [-0.1, -0.05) is 19.1 Å². The Bertz CT molecular complexity index is 772. The quantitative estimate of drug-likeness (QED) is 0.780. The van der Waals surface area contributed by atoms with Crippen molar-refractivity contribution in [1.82, 2.24) is 25.6 Å². The molecule has 0 saturated heterocycles. The predicted octanol–water partition coefficient (Wildman–Crippen LogP) is 2.20. The van der Waals surface area contributed by atoms with Crippen LogP contribution in [0.25, 0.3) is 11.4 Å². The van der Waals surface area contributed by atoms with Crippen LogP contribution in [0.15, 0.2) is 48.8 Å². The maximum Gasteiger partial charge on any atom is 0.227 e. The van der Waals surface area contributed by atoms with Crippen LogP contribution in [0.5, 0.6) is 0 Å². The van der Waals surface area contributed by atoms with Gasteiger partial charge in [0, 0.05) is 30.1 Å². The maximum atomic E-state index is 12.4. The summed E-state index contributed by atoms with van der Waals surface area (Å²) in [4.78, 5) is 18.1. The summed E-state index contributed by atoms with van der Waals surface area (Å²) in [6.45, 7) is 2.34. The summed E-state index contributed by atoms with van der Waals surface area (Å²) < 4.78 is 0. The van der Waals surface area contributed by atoms with Gasteiger partial charge in [0.25, 0.3) is 0 Å². The minimum Gasteiger partial charge on any atom is -0.308 e. The second-order valence-corrected chi connectivity index (χ2v) is 4.97. The molecule has 1 N–H and O–H groups in total. The Kier molecular flexibility index (Phi) is 4.37. The Hall–Kier alpha value is -3.09. The predicted molar refractivity (Wildman–Crippen MR) is 85.3 cm³/mol. The zero-order valence-corrected chi connectivity index (χ0v) is 12.7. The number of rotatable bonds is 5. The zero-order valence-electron chi connectivity index (χ0n) is 12.7.